The number of rotatable bonds is 3. The Hall–Kier alpha value is -2.70. The molecule has 0 aliphatic rings. The van der Waals surface area contributed by atoms with Crippen molar-refractivity contribution in [2.75, 3.05) is 5.32 Å². The number of fused-ring (bicyclic) bond motifs is 1. The van der Waals surface area contributed by atoms with Gasteiger partial charge in [-0.05, 0) is 55.5 Å². The number of anilines is 1. The van der Waals surface area contributed by atoms with E-state index in [1.165, 1.54) is 23.5 Å². The maximum Gasteiger partial charge on any atom is 0.293 e. The van der Waals surface area contributed by atoms with Gasteiger partial charge < -0.3 is 4.42 Å². The average Bonchev–Trinajstić information content (AvgIpc) is 3.18. The predicted molar refractivity (Wildman–Crippen MR) is 101 cm³/mol. The Morgan fingerprint density at radius 3 is 2.73 bits per heavy atom. The number of carbonyl (C=O) groups is 1. The van der Waals surface area contributed by atoms with Crippen molar-refractivity contribution in [2.45, 2.75) is 6.92 Å². The molecule has 0 spiro atoms. The van der Waals surface area contributed by atoms with Gasteiger partial charge in [0.15, 0.2) is 10.9 Å². The van der Waals surface area contributed by atoms with Crippen LogP contribution in [0.1, 0.15) is 15.4 Å². The van der Waals surface area contributed by atoms with Gasteiger partial charge in [0.1, 0.15) is 11.4 Å². The first-order chi connectivity index (χ1) is 12.5. The SMILES string of the molecule is Cc1sc(NC(=O)c2cc3cc(Cl)ccc3o2)nc1-c1ccc(F)cc1. The van der Waals surface area contributed by atoms with Crippen molar-refractivity contribution >= 4 is 44.9 Å². The lowest BCUT2D eigenvalue weighted by Crippen LogP contribution is -2.10. The third-order valence-corrected chi connectivity index (χ3v) is 4.96. The maximum absolute atomic E-state index is 13.1. The molecule has 0 aliphatic heterocycles. The molecule has 1 N–H and O–H groups in total. The fraction of sp³-hybridized carbons (Fsp3) is 0.0526. The molecule has 0 saturated carbocycles. The van der Waals surface area contributed by atoms with E-state index in [1.807, 2.05) is 6.92 Å². The van der Waals surface area contributed by atoms with E-state index in [0.29, 0.717) is 21.4 Å². The van der Waals surface area contributed by atoms with Gasteiger partial charge in [0.2, 0.25) is 0 Å². The molecule has 7 heteroatoms. The maximum atomic E-state index is 13.1. The molecule has 1 amide bonds. The van der Waals surface area contributed by atoms with Gasteiger partial charge in [-0.1, -0.05) is 11.6 Å². The number of nitrogens with zero attached hydrogens (tertiary/aromatic N) is 1. The van der Waals surface area contributed by atoms with E-state index in [0.717, 1.165) is 15.8 Å². The molecule has 130 valence electrons. The summed E-state index contributed by atoms with van der Waals surface area (Å²) in [7, 11) is 0. The van der Waals surface area contributed by atoms with Gasteiger partial charge in [0.25, 0.3) is 5.91 Å². The molecule has 0 aliphatic carbocycles. The molecule has 4 aromatic rings. The Bertz CT molecular complexity index is 1120. The largest absolute Gasteiger partial charge is 0.451 e. The number of carbonyl (C=O) groups excluding carboxylic acids is 1. The van der Waals surface area contributed by atoms with Crippen molar-refractivity contribution in [3.8, 4) is 11.3 Å². The molecule has 0 saturated heterocycles. The zero-order valence-corrected chi connectivity index (χ0v) is 15.1. The second kappa shape index (κ2) is 6.55. The Kier molecular flexibility index (Phi) is 4.22. The molecule has 0 unspecified atom stereocenters. The molecule has 0 fully saturated rings. The zero-order valence-electron chi connectivity index (χ0n) is 13.5. The van der Waals surface area contributed by atoms with Gasteiger partial charge in [0.05, 0.1) is 5.69 Å². The Morgan fingerprint density at radius 1 is 1.19 bits per heavy atom. The molecular formula is C19H12ClFN2O2S. The van der Waals surface area contributed by atoms with E-state index in [9.17, 15) is 9.18 Å². The van der Waals surface area contributed by atoms with Crippen molar-refractivity contribution in [3.05, 3.63) is 70.0 Å². The van der Waals surface area contributed by atoms with Crippen LogP contribution in [-0.4, -0.2) is 10.9 Å². The number of furan rings is 1. The summed E-state index contributed by atoms with van der Waals surface area (Å²) in [5, 5.41) is 4.52. The minimum atomic E-state index is -0.392. The Morgan fingerprint density at radius 2 is 1.96 bits per heavy atom. The molecule has 4 nitrogen and oxygen atoms in total. The third kappa shape index (κ3) is 3.21. The van der Waals surface area contributed by atoms with Crippen LogP contribution in [0.5, 0.6) is 0 Å². The van der Waals surface area contributed by atoms with Crippen LogP contribution in [0.25, 0.3) is 22.2 Å². The van der Waals surface area contributed by atoms with E-state index in [2.05, 4.69) is 10.3 Å². The highest BCUT2D eigenvalue weighted by atomic mass is 35.5. The molecule has 0 radical (unpaired) electrons. The first-order valence-electron chi connectivity index (χ1n) is 7.73. The van der Waals surface area contributed by atoms with Gasteiger partial charge in [-0.15, -0.1) is 11.3 Å². The van der Waals surface area contributed by atoms with E-state index in [1.54, 1.807) is 36.4 Å². The molecule has 0 atom stereocenters. The first kappa shape index (κ1) is 16.8. The zero-order chi connectivity index (χ0) is 18.3. The first-order valence-corrected chi connectivity index (χ1v) is 8.93. The lowest BCUT2D eigenvalue weighted by atomic mass is 10.1. The highest BCUT2D eigenvalue weighted by Gasteiger charge is 2.16. The van der Waals surface area contributed by atoms with Gasteiger partial charge in [-0.3, -0.25) is 10.1 Å². The van der Waals surface area contributed by atoms with Crippen molar-refractivity contribution < 1.29 is 13.6 Å². The minimum absolute atomic E-state index is 0.179. The molecule has 2 heterocycles. The number of amides is 1. The Labute approximate surface area is 157 Å². The number of benzene rings is 2. The average molecular weight is 387 g/mol. The second-order valence-electron chi connectivity index (χ2n) is 5.68. The molecule has 2 aromatic heterocycles. The number of hydrogen-bond acceptors (Lipinski definition) is 4. The van der Waals surface area contributed by atoms with E-state index in [4.69, 9.17) is 16.0 Å². The summed E-state index contributed by atoms with van der Waals surface area (Å²) in [4.78, 5) is 17.8. The smallest absolute Gasteiger partial charge is 0.293 e. The number of thiazole rings is 1. The van der Waals surface area contributed by atoms with Crippen LogP contribution in [-0.2, 0) is 0 Å². The number of halogens is 2. The standard InChI is InChI=1S/C19H12ClFN2O2S/c1-10-17(11-2-5-14(21)6-3-11)22-19(26-10)23-18(24)16-9-12-8-13(20)4-7-15(12)25-16/h2-9H,1H3,(H,22,23,24). The summed E-state index contributed by atoms with van der Waals surface area (Å²) >= 11 is 7.30. The molecular weight excluding hydrogens is 375 g/mol. The molecule has 4 rings (SSSR count). The van der Waals surface area contributed by atoms with Crippen LogP contribution in [0.15, 0.2) is 52.9 Å². The second-order valence-corrected chi connectivity index (χ2v) is 7.32. The van der Waals surface area contributed by atoms with E-state index in [-0.39, 0.29) is 11.6 Å². The van der Waals surface area contributed by atoms with Gasteiger partial charge in [-0.25, -0.2) is 9.37 Å². The summed E-state index contributed by atoms with van der Waals surface area (Å²) in [6.45, 7) is 1.90. The monoisotopic (exact) mass is 386 g/mol. The van der Waals surface area contributed by atoms with Gasteiger partial charge in [-0.2, -0.15) is 0 Å². The predicted octanol–water partition coefficient (Wildman–Crippen LogP) is 5.91. The van der Waals surface area contributed by atoms with Gasteiger partial charge in [0, 0.05) is 20.8 Å². The van der Waals surface area contributed by atoms with Crippen molar-refractivity contribution in [3.63, 3.8) is 0 Å². The summed E-state index contributed by atoms with van der Waals surface area (Å²) in [6.07, 6.45) is 0. The molecule has 0 bridgehead atoms. The molecule has 26 heavy (non-hydrogen) atoms. The van der Waals surface area contributed by atoms with Crippen molar-refractivity contribution in [2.24, 2.45) is 0 Å². The normalized spacial score (nSPS) is 11.0. The Balaban J connectivity index is 1.59. The van der Waals surface area contributed by atoms with Gasteiger partial charge >= 0.3 is 0 Å². The van der Waals surface area contributed by atoms with Crippen LogP contribution in [0, 0.1) is 12.7 Å². The number of nitrogens with one attached hydrogen (secondary N) is 1. The van der Waals surface area contributed by atoms with Crippen LogP contribution in [0.4, 0.5) is 9.52 Å². The quantitative estimate of drug-likeness (QED) is 0.476. The fourth-order valence-corrected chi connectivity index (χ4v) is 3.62. The fourth-order valence-electron chi connectivity index (χ4n) is 2.61. The van der Waals surface area contributed by atoms with Crippen molar-refractivity contribution in [1.29, 1.82) is 0 Å². The minimum Gasteiger partial charge on any atom is -0.451 e. The summed E-state index contributed by atoms with van der Waals surface area (Å²) in [5.74, 6) is -0.518. The lowest BCUT2D eigenvalue weighted by molar-refractivity contribution is 0.0998. The topological polar surface area (TPSA) is 55.1 Å². The summed E-state index contributed by atoms with van der Waals surface area (Å²) in [5.41, 5.74) is 2.09. The third-order valence-electron chi connectivity index (χ3n) is 3.84. The highest BCUT2D eigenvalue weighted by molar-refractivity contribution is 7.16. The molecule has 2 aromatic carbocycles. The van der Waals surface area contributed by atoms with E-state index >= 15 is 0 Å². The summed E-state index contributed by atoms with van der Waals surface area (Å²) < 4.78 is 18.6. The number of hydrogen-bond donors (Lipinski definition) is 1. The van der Waals surface area contributed by atoms with Crippen LogP contribution in [0.3, 0.4) is 0 Å². The lowest BCUT2D eigenvalue weighted by Gasteiger charge is -1.98. The highest BCUT2D eigenvalue weighted by Crippen LogP contribution is 2.31. The van der Waals surface area contributed by atoms with E-state index < -0.39 is 5.91 Å². The van der Waals surface area contributed by atoms with Crippen LogP contribution >= 0.6 is 22.9 Å². The summed E-state index contributed by atoms with van der Waals surface area (Å²) in [6, 6.07) is 12.9. The van der Waals surface area contributed by atoms with Crippen molar-refractivity contribution in [1.82, 2.24) is 4.98 Å². The van der Waals surface area contributed by atoms with Crippen LogP contribution in [0.2, 0.25) is 5.02 Å². The number of aromatic nitrogens is 1. The van der Waals surface area contributed by atoms with Crippen LogP contribution < -0.4 is 5.32 Å². The number of aryl methyl sites for hydroxylation is 1.